The summed E-state index contributed by atoms with van der Waals surface area (Å²) in [5.41, 5.74) is 12.5. The highest BCUT2D eigenvalue weighted by Gasteiger charge is 2.06. The molecule has 0 heterocycles. The lowest BCUT2D eigenvalue weighted by Gasteiger charge is -2.12. The summed E-state index contributed by atoms with van der Waals surface area (Å²) >= 11 is 0. The highest BCUT2D eigenvalue weighted by atomic mass is 35.5. The zero-order valence-corrected chi connectivity index (χ0v) is 11.4. The van der Waals surface area contributed by atoms with Crippen LogP contribution in [0.15, 0.2) is 24.3 Å². The minimum Gasteiger partial charge on any atom is -0.427 e. The molecule has 0 saturated heterocycles. The van der Waals surface area contributed by atoms with Crippen molar-refractivity contribution in [2.24, 2.45) is 11.5 Å². The van der Waals surface area contributed by atoms with Crippen LogP contribution in [0, 0.1) is 0 Å². The van der Waals surface area contributed by atoms with Gasteiger partial charge in [0.25, 0.3) is 0 Å². The lowest BCUT2D eigenvalue weighted by atomic mass is 10.0. The number of carbonyl (C=O) groups is 1. The van der Waals surface area contributed by atoms with E-state index in [1.807, 2.05) is 12.1 Å². The van der Waals surface area contributed by atoms with E-state index in [1.54, 1.807) is 12.1 Å². The molecule has 4 nitrogen and oxygen atoms in total. The van der Waals surface area contributed by atoms with E-state index < -0.39 is 0 Å². The van der Waals surface area contributed by atoms with Gasteiger partial charge in [-0.15, -0.1) is 12.4 Å². The van der Waals surface area contributed by atoms with Gasteiger partial charge in [-0.1, -0.05) is 18.6 Å². The van der Waals surface area contributed by atoms with Gasteiger partial charge in [0.05, 0.1) is 0 Å². The fourth-order valence-corrected chi connectivity index (χ4v) is 1.62. The van der Waals surface area contributed by atoms with Gasteiger partial charge >= 0.3 is 5.97 Å². The maximum absolute atomic E-state index is 10.7. The van der Waals surface area contributed by atoms with Crippen LogP contribution in [0.2, 0.25) is 0 Å². The predicted molar refractivity (Wildman–Crippen MR) is 74.8 cm³/mol. The lowest BCUT2D eigenvalue weighted by molar-refractivity contribution is -0.131. The van der Waals surface area contributed by atoms with Gasteiger partial charge in [0.1, 0.15) is 5.75 Å². The second-order valence-corrected chi connectivity index (χ2v) is 4.05. The number of carbonyl (C=O) groups excluding carboxylic acids is 1. The average Bonchev–Trinajstić information content (AvgIpc) is 2.29. The van der Waals surface area contributed by atoms with Gasteiger partial charge in [-0.25, -0.2) is 0 Å². The quantitative estimate of drug-likeness (QED) is 0.473. The molecular weight excluding hydrogens is 252 g/mol. The molecule has 1 rings (SSSR count). The van der Waals surface area contributed by atoms with E-state index in [9.17, 15) is 4.79 Å². The number of benzene rings is 1. The number of rotatable bonds is 6. The van der Waals surface area contributed by atoms with Gasteiger partial charge in [-0.3, -0.25) is 4.79 Å². The van der Waals surface area contributed by atoms with Crippen molar-refractivity contribution in [3.63, 3.8) is 0 Å². The van der Waals surface area contributed by atoms with Crippen molar-refractivity contribution in [1.82, 2.24) is 0 Å². The third kappa shape index (κ3) is 6.00. The van der Waals surface area contributed by atoms with Crippen molar-refractivity contribution in [1.29, 1.82) is 0 Å². The van der Waals surface area contributed by atoms with E-state index in [1.165, 1.54) is 6.92 Å². The number of esters is 1. The fraction of sp³-hybridized carbons (Fsp3) is 0.462. The summed E-state index contributed by atoms with van der Waals surface area (Å²) in [7, 11) is 0. The molecule has 0 aromatic heterocycles. The van der Waals surface area contributed by atoms with Gasteiger partial charge in [0.15, 0.2) is 0 Å². The Morgan fingerprint density at radius 3 is 2.39 bits per heavy atom. The van der Waals surface area contributed by atoms with E-state index >= 15 is 0 Å². The molecule has 4 N–H and O–H groups in total. The molecule has 102 valence electrons. The van der Waals surface area contributed by atoms with Crippen LogP contribution in [-0.4, -0.2) is 12.5 Å². The molecule has 0 aliphatic carbocycles. The smallest absolute Gasteiger partial charge is 0.308 e. The Labute approximate surface area is 114 Å². The zero-order valence-electron chi connectivity index (χ0n) is 10.6. The average molecular weight is 273 g/mol. The van der Waals surface area contributed by atoms with Crippen molar-refractivity contribution in [2.75, 3.05) is 6.54 Å². The molecule has 0 amide bonds. The second kappa shape index (κ2) is 8.91. The molecular formula is C13H21ClN2O2. The highest BCUT2D eigenvalue weighted by molar-refractivity contribution is 5.85. The molecule has 1 atom stereocenters. The van der Waals surface area contributed by atoms with E-state index in [2.05, 4.69) is 0 Å². The van der Waals surface area contributed by atoms with Crippen molar-refractivity contribution >= 4 is 18.4 Å². The highest BCUT2D eigenvalue weighted by Crippen LogP contribution is 2.20. The third-order valence-electron chi connectivity index (χ3n) is 2.54. The fourth-order valence-electron chi connectivity index (χ4n) is 1.62. The first kappa shape index (κ1) is 16.9. The standard InChI is InChI=1S/C13H20N2O2.ClH/c1-10(16)17-12-7-5-11(6-8-12)13(15)4-2-3-9-14;/h5-8,13H,2-4,9,14-15H2,1H3;1H/t13-;/m1./s1. The number of hydrogen-bond donors (Lipinski definition) is 2. The number of ether oxygens (including phenoxy) is 1. The van der Waals surface area contributed by atoms with Gasteiger partial charge in [-0.2, -0.15) is 0 Å². The molecule has 0 saturated carbocycles. The Morgan fingerprint density at radius 1 is 1.28 bits per heavy atom. The molecule has 5 heteroatoms. The lowest BCUT2D eigenvalue weighted by Crippen LogP contribution is -2.11. The van der Waals surface area contributed by atoms with Gasteiger partial charge in [-0.05, 0) is 37.1 Å². The summed E-state index contributed by atoms with van der Waals surface area (Å²) in [6, 6.07) is 7.34. The first-order chi connectivity index (χ1) is 8.13. The van der Waals surface area contributed by atoms with E-state index in [0.717, 1.165) is 24.8 Å². The summed E-state index contributed by atoms with van der Waals surface area (Å²) in [5, 5.41) is 0. The third-order valence-corrected chi connectivity index (χ3v) is 2.54. The van der Waals surface area contributed by atoms with Crippen LogP contribution in [0.3, 0.4) is 0 Å². The number of unbranched alkanes of at least 4 members (excludes halogenated alkanes) is 1. The van der Waals surface area contributed by atoms with Crippen LogP contribution in [-0.2, 0) is 4.79 Å². The Kier molecular flexibility index (Phi) is 8.37. The van der Waals surface area contributed by atoms with Crippen LogP contribution in [0.4, 0.5) is 0 Å². The molecule has 0 spiro atoms. The van der Waals surface area contributed by atoms with E-state index in [-0.39, 0.29) is 24.4 Å². The Morgan fingerprint density at radius 2 is 1.89 bits per heavy atom. The van der Waals surface area contributed by atoms with Crippen LogP contribution < -0.4 is 16.2 Å². The topological polar surface area (TPSA) is 78.3 Å². The van der Waals surface area contributed by atoms with Crippen molar-refractivity contribution in [3.8, 4) is 5.75 Å². The van der Waals surface area contributed by atoms with E-state index in [4.69, 9.17) is 16.2 Å². The number of nitrogens with two attached hydrogens (primary N) is 2. The molecule has 0 fully saturated rings. The Balaban J connectivity index is 0.00000289. The van der Waals surface area contributed by atoms with Crippen LogP contribution in [0.1, 0.15) is 37.8 Å². The minimum atomic E-state index is -0.315. The molecule has 18 heavy (non-hydrogen) atoms. The van der Waals surface area contributed by atoms with Crippen molar-refractivity contribution in [2.45, 2.75) is 32.2 Å². The second-order valence-electron chi connectivity index (χ2n) is 4.05. The van der Waals surface area contributed by atoms with Crippen molar-refractivity contribution in [3.05, 3.63) is 29.8 Å². The maximum atomic E-state index is 10.7. The summed E-state index contributed by atoms with van der Waals surface area (Å²) in [4.78, 5) is 10.7. The largest absolute Gasteiger partial charge is 0.427 e. The number of hydrogen-bond acceptors (Lipinski definition) is 4. The molecule has 1 aromatic carbocycles. The first-order valence-corrected chi connectivity index (χ1v) is 5.87. The summed E-state index contributed by atoms with van der Waals surface area (Å²) < 4.78 is 4.95. The van der Waals surface area contributed by atoms with Gasteiger partial charge < -0.3 is 16.2 Å². The van der Waals surface area contributed by atoms with Gasteiger partial charge in [0.2, 0.25) is 0 Å². The summed E-state index contributed by atoms with van der Waals surface area (Å²) in [5.74, 6) is 0.236. The Hall–Kier alpha value is -1.10. The van der Waals surface area contributed by atoms with Crippen molar-refractivity contribution < 1.29 is 9.53 Å². The molecule has 0 radical (unpaired) electrons. The number of halogens is 1. The molecule has 0 aliphatic rings. The molecule has 1 aromatic rings. The maximum Gasteiger partial charge on any atom is 0.308 e. The van der Waals surface area contributed by atoms with Crippen LogP contribution in [0.25, 0.3) is 0 Å². The van der Waals surface area contributed by atoms with Gasteiger partial charge in [0, 0.05) is 13.0 Å². The zero-order chi connectivity index (χ0) is 12.7. The summed E-state index contributed by atoms with van der Waals surface area (Å²) in [6.45, 7) is 2.09. The normalized spacial score (nSPS) is 11.5. The van der Waals surface area contributed by atoms with Crippen LogP contribution in [0.5, 0.6) is 5.75 Å². The molecule has 0 unspecified atom stereocenters. The van der Waals surface area contributed by atoms with E-state index in [0.29, 0.717) is 12.3 Å². The first-order valence-electron chi connectivity index (χ1n) is 5.87. The summed E-state index contributed by atoms with van der Waals surface area (Å²) in [6.07, 6.45) is 2.95. The molecule has 0 bridgehead atoms. The monoisotopic (exact) mass is 272 g/mol. The minimum absolute atomic E-state index is 0. The molecule has 0 aliphatic heterocycles. The Bertz CT molecular complexity index is 355. The predicted octanol–water partition coefficient (Wildman–Crippen LogP) is 2.16. The SMILES string of the molecule is CC(=O)Oc1ccc([C@H](N)CCCCN)cc1.Cl. The van der Waals surface area contributed by atoms with Crippen LogP contribution >= 0.6 is 12.4 Å².